The zero-order valence-electron chi connectivity index (χ0n) is 16.3. The number of hydrogen-bond acceptors (Lipinski definition) is 3. The Bertz CT molecular complexity index is 834. The van der Waals surface area contributed by atoms with Crippen molar-refractivity contribution in [3.63, 3.8) is 0 Å². The van der Waals surface area contributed by atoms with Crippen molar-refractivity contribution in [2.75, 3.05) is 13.1 Å². The maximum absolute atomic E-state index is 14.3. The lowest BCUT2D eigenvalue weighted by Crippen LogP contribution is -2.38. The second-order valence-corrected chi connectivity index (χ2v) is 9.07. The third-order valence-corrected chi connectivity index (χ3v) is 8.00. The number of carbonyl (C=O) groups excluding carboxylic acids is 1. The Labute approximate surface area is 185 Å². The van der Waals surface area contributed by atoms with Crippen molar-refractivity contribution in [1.82, 2.24) is 4.90 Å². The van der Waals surface area contributed by atoms with Gasteiger partial charge >= 0.3 is 0 Å². The molecule has 1 aromatic carbocycles. The molecule has 1 aromatic heterocycles. The number of rotatable bonds is 5. The standard InChI is InChI=1S/C21H26BrFN2OS.ClH/c1-3-4-18-19(22)13(2)20(27-18)21(26)25-9-7-15(8-10-25)16-11-14(12-24)5-6-17(16)23;/h5-6,11,15H,3-4,7-10,12,24H2,1-2H3;1H. The van der Waals surface area contributed by atoms with Gasteiger partial charge in [-0.15, -0.1) is 23.7 Å². The molecule has 0 bridgehead atoms. The van der Waals surface area contributed by atoms with Gasteiger partial charge in [-0.1, -0.05) is 25.5 Å². The molecule has 2 N–H and O–H groups in total. The molecule has 1 fully saturated rings. The molecule has 7 heteroatoms. The average molecular weight is 490 g/mol. The smallest absolute Gasteiger partial charge is 0.264 e. The van der Waals surface area contributed by atoms with Crippen molar-refractivity contribution in [3.8, 4) is 0 Å². The van der Waals surface area contributed by atoms with Gasteiger partial charge in [-0.2, -0.15) is 0 Å². The van der Waals surface area contributed by atoms with Gasteiger partial charge in [0.1, 0.15) is 5.82 Å². The summed E-state index contributed by atoms with van der Waals surface area (Å²) in [6.45, 7) is 5.89. The number of thiophene rings is 1. The molecular weight excluding hydrogens is 463 g/mol. The van der Waals surface area contributed by atoms with Crippen molar-refractivity contribution >= 4 is 45.6 Å². The SMILES string of the molecule is CCCc1sc(C(=O)N2CCC(c3cc(CN)ccc3F)CC2)c(C)c1Br.Cl. The highest BCUT2D eigenvalue weighted by molar-refractivity contribution is 9.10. The minimum Gasteiger partial charge on any atom is -0.338 e. The van der Waals surface area contributed by atoms with E-state index in [9.17, 15) is 9.18 Å². The first kappa shape index (κ1) is 23.3. The molecule has 2 heterocycles. The molecule has 2 aromatic rings. The van der Waals surface area contributed by atoms with Crippen LogP contribution in [0.25, 0.3) is 0 Å². The second kappa shape index (κ2) is 10.2. The van der Waals surface area contributed by atoms with E-state index in [4.69, 9.17) is 5.73 Å². The Kier molecular flexibility index (Phi) is 8.49. The molecule has 3 rings (SSSR count). The van der Waals surface area contributed by atoms with Crippen molar-refractivity contribution in [1.29, 1.82) is 0 Å². The summed E-state index contributed by atoms with van der Waals surface area (Å²) in [5, 5.41) is 0. The van der Waals surface area contributed by atoms with Crippen LogP contribution < -0.4 is 5.73 Å². The van der Waals surface area contributed by atoms with Crippen LogP contribution in [0.5, 0.6) is 0 Å². The van der Waals surface area contributed by atoms with E-state index in [0.29, 0.717) is 19.6 Å². The van der Waals surface area contributed by atoms with Gasteiger partial charge in [-0.3, -0.25) is 4.79 Å². The Morgan fingerprint density at radius 3 is 2.64 bits per heavy atom. The van der Waals surface area contributed by atoms with Crippen molar-refractivity contribution in [2.45, 2.75) is 52.0 Å². The van der Waals surface area contributed by atoms with Gasteiger partial charge in [0.2, 0.25) is 0 Å². The van der Waals surface area contributed by atoms with Crippen molar-refractivity contribution in [2.24, 2.45) is 5.73 Å². The first-order valence-electron chi connectivity index (χ1n) is 9.51. The fourth-order valence-corrected chi connectivity index (χ4v) is 5.75. The number of aryl methyl sites for hydroxylation is 1. The highest BCUT2D eigenvalue weighted by Gasteiger charge is 2.28. The third-order valence-electron chi connectivity index (χ3n) is 5.33. The number of nitrogens with zero attached hydrogens (tertiary/aromatic N) is 1. The summed E-state index contributed by atoms with van der Waals surface area (Å²) < 4.78 is 15.3. The number of amides is 1. The van der Waals surface area contributed by atoms with Gasteiger partial charge in [0.15, 0.2) is 0 Å². The molecule has 3 nitrogen and oxygen atoms in total. The topological polar surface area (TPSA) is 46.3 Å². The Morgan fingerprint density at radius 1 is 1.36 bits per heavy atom. The molecule has 0 aliphatic carbocycles. The van der Waals surface area contributed by atoms with E-state index in [1.165, 1.54) is 10.9 Å². The van der Waals surface area contributed by atoms with Gasteiger partial charge in [0, 0.05) is 29.0 Å². The lowest BCUT2D eigenvalue weighted by atomic mass is 9.88. The number of nitrogens with two attached hydrogens (primary N) is 1. The second-order valence-electron chi connectivity index (χ2n) is 7.17. The molecule has 1 amide bonds. The van der Waals surface area contributed by atoms with Crippen LogP contribution in [0, 0.1) is 12.7 Å². The van der Waals surface area contributed by atoms with E-state index in [-0.39, 0.29) is 30.0 Å². The molecule has 28 heavy (non-hydrogen) atoms. The van der Waals surface area contributed by atoms with Crippen LogP contribution in [0.15, 0.2) is 22.7 Å². The van der Waals surface area contributed by atoms with Crippen LogP contribution in [0.3, 0.4) is 0 Å². The lowest BCUT2D eigenvalue weighted by molar-refractivity contribution is 0.0716. The van der Waals surface area contributed by atoms with E-state index in [1.54, 1.807) is 17.4 Å². The number of piperidine rings is 1. The number of halogens is 3. The molecule has 0 unspecified atom stereocenters. The van der Waals surface area contributed by atoms with Gasteiger partial charge in [-0.05, 0) is 70.8 Å². The Morgan fingerprint density at radius 2 is 2.04 bits per heavy atom. The Hall–Kier alpha value is -0.950. The van der Waals surface area contributed by atoms with Gasteiger partial charge in [0.25, 0.3) is 5.91 Å². The van der Waals surface area contributed by atoms with Crippen LogP contribution in [-0.2, 0) is 13.0 Å². The summed E-state index contributed by atoms with van der Waals surface area (Å²) in [7, 11) is 0. The molecule has 1 aliphatic rings. The monoisotopic (exact) mass is 488 g/mol. The summed E-state index contributed by atoms with van der Waals surface area (Å²) in [4.78, 5) is 17.0. The van der Waals surface area contributed by atoms with Gasteiger partial charge in [0.05, 0.1) is 4.88 Å². The summed E-state index contributed by atoms with van der Waals surface area (Å²) in [6.07, 6.45) is 3.61. The van der Waals surface area contributed by atoms with Crippen molar-refractivity contribution < 1.29 is 9.18 Å². The first-order chi connectivity index (χ1) is 13.0. The highest BCUT2D eigenvalue weighted by Crippen LogP contribution is 2.36. The van der Waals surface area contributed by atoms with Gasteiger partial charge < -0.3 is 10.6 Å². The molecule has 0 atom stereocenters. The maximum Gasteiger partial charge on any atom is 0.264 e. The fourth-order valence-electron chi connectivity index (χ4n) is 3.72. The van der Waals surface area contributed by atoms with Crippen LogP contribution in [0.4, 0.5) is 4.39 Å². The first-order valence-corrected chi connectivity index (χ1v) is 11.1. The largest absolute Gasteiger partial charge is 0.338 e. The lowest BCUT2D eigenvalue weighted by Gasteiger charge is -2.32. The minimum absolute atomic E-state index is 0. The quantitative estimate of drug-likeness (QED) is 0.576. The van der Waals surface area contributed by atoms with Crippen LogP contribution in [-0.4, -0.2) is 23.9 Å². The summed E-state index contributed by atoms with van der Waals surface area (Å²) in [6, 6.07) is 5.13. The molecule has 0 saturated carbocycles. The zero-order chi connectivity index (χ0) is 19.6. The van der Waals surface area contributed by atoms with E-state index < -0.39 is 0 Å². The number of hydrogen-bond donors (Lipinski definition) is 1. The predicted octanol–water partition coefficient (Wildman–Crippen LogP) is 5.81. The van der Waals surface area contributed by atoms with E-state index in [1.807, 2.05) is 17.9 Å². The molecule has 154 valence electrons. The average Bonchev–Trinajstić information content (AvgIpc) is 2.97. The van der Waals surface area contributed by atoms with Crippen LogP contribution in [0.2, 0.25) is 0 Å². The normalized spacial score (nSPS) is 14.8. The number of likely N-dealkylation sites (tertiary alicyclic amines) is 1. The Balaban J connectivity index is 0.00000280. The van der Waals surface area contributed by atoms with E-state index >= 15 is 0 Å². The molecule has 0 radical (unpaired) electrons. The van der Waals surface area contributed by atoms with Crippen LogP contribution in [0.1, 0.15) is 63.3 Å². The van der Waals surface area contributed by atoms with E-state index in [0.717, 1.165) is 51.7 Å². The highest BCUT2D eigenvalue weighted by atomic mass is 79.9. The summed E-state index contributed by atoms with van der Waals surface area (Å²) >= 11 is 5.25. The number of carbonyl (C=O) groups is 1. The molecular formula is C21H27BrClFN2OS. The molecule has 1 saturated heterocycles. The number of benzene rings is 1. The summed E-state index contributed by atoms with van der Waals surface area (Å²) in [5.74, 6) is 0.0850. The molecule has 0 spiro atoms. The van der Waals surface area contributed by atoms with E-state index in [2.05, 4.69) is 22.9 Å². The minimum atomic E-state index is -0.167. The molecule has 1 aliphatic heterocycles. The zero-order valence-corrected chi connectivity index (χ0v) is 19.5. The van der Waals surface area contributed by atoms with Gasteiger partial charge in [-0.25, -0.2) is 4.39 Å². The summed E-state index contributed by atoms with van der Waals surface area (Å²) in [5.41, 5.74) is 8.43. The van der Waals surface area contributed by atoms with Crippen molar-refractivity contribution in [3.05, 3.63) is 54.9 Å². The van der Waals surface area contributed by atoms with Crippen LogP contribution >= 0.6 is 39.7 Å². The maximum atomic E-state index is 14.3. The third kappa shape index (κ3) is 4.78. The predicted molar refractivity (Wildman–Crippen MR) is 120 cm³/mol. The fraction of sp³-hybridized carbons (Fsp3) is 0.476.